The van der Waals surface area contributed by atoms with Crippen LogP contribution in [0.1, 0.15) is 53.3 Å². The Hall–Kier alpha value is -3.09. The second-order valence-electron chi connectivity index (χ2n) is 8.13. The summed E-state index contributed by atoms with van der Waals surface area (Å²) in [4.78, 5) is 12.7. The molecule has 4 rings (SSSR count). The summed E-state index contributed by atoms with van der Waals surface area (Å²) >= 11 is 0. The predicted octanol–water partition coefficient (Wildman–Crippen LogP) is 5.12. The van der Waals surface area contributed by atoms with Crippen LogP contribution >= 0.6 is 0 Å². The van der Waals surface area contributed by atoms with Crippen LogP contribution in [0.3, 0.4) is 0 Å². The first-order valence-corrected chi connectivity index (χ1v) is 11.0. The van der Waals surface area contributed by atoms with Gasteiger partial charge in [0.05, 0.1) is 6.54 Å². The zero-order valence-corrected chi connectivity index (χ0v) is 17.7. The Bertz CT molecular complexity index is 1010. The molecule has 1 aromatic heterocycles. The average molecular weight is 441 g/mol. The highest BCUT2D eigenvalue weighted by Crippen LogP contribution is 2.35. The Kier molecular flexibility index (Phi) is 6.63. The monoisotopic (exact) mass is 441 g/mol. The fraction of sp³-hybridized carbons (Fsp3) is 0.360. The number of benzene rings is 2. The maximum absolute atomic E-state index is 13.4. The van der Waals surface area contributed by atoms with Gasteiger partial charge in [0.15, 0.2) is 5.69 Å². The molecule has 168 valence electrons. The lowest BCUT2D eigenvalue weighted by atomic mass is 9.88. The molecular weight excluding hydrogens is 415 g/mol. The van der Waals surface area contributed by atoms with E-state index in [2.05, 4.69) is 10.4 Å². The van der Waals surface area contributed by atoms with Crippen LogP contribution in [0.25, 0.3) is 0 Å². The van der Waals surface area contributed by atoms with Crippen LogP contribution in [-0.4, -0.2) is 22.2 Å². The Balaban J connectivity index is 1.42. The number of carbonyl (C=O) groups excluding carboxylic acids is 1. The topological polar surface area (TPSA) is 46.9 Å². The molecule has 7 heteroatoms. The Labute approximate surface area is 185 Å². The third kappa shape index (κ3) is 5.03. The Morgan fingerprint density at radius 2 is 1.56 bits per heavy atom. The van der Waals surface area contributed by atoms with Crippen LogP contribution in [0.15, 0.2) is 60.7 Å². The number of fused-ring (bicyclic) bond motifs is 1. The van der Waals surface area contributed by atoms with Gasteiger partial charge in [-0.2, -0.15) is 18.3 Å². The zero-order chi connectivity index (χ0) is 22.6. The summed E-state index contributed by atoms with van der Waals surface area (Å²) in [6, 6.07) is 19.7. The van der Waals surface area contributed by atoms with Gasteiger partial charge in [0.1, 0.15) is 0 Å². The first kappa shape index (κ1) is 22.1. The maximum Gasteiger partial charge on any atom is 0.435 e. The lowest BCUT2D eigenvalue weighted by Gasteiger charge is -2.18. The van der Waals surface area contributed by atoms with E-state index in [9.17, 15) is 18.0 Å². The lowest BCUT2D eigenvalue weighted by Crippen LogP contribution is -2.29. The van der Waals surface area contributed by atoms with E-state index in [0.717, 1.165) is 24.0 Å². The number of nitrogens with zero attached hydrogens (tertiary/aromatic N) is 2. The molecule has 2 aromatic carbocycles. The van der Waals surface area contributed by atoms with Crippen LogP contribution in [0, 0.1) is 0 Å². The smallest absolute Gasteiger partial charge is 0.354 e. The minimum atomic E-state index is -4.45. The maximum atomic E-state index is 13.4. The summed E-state index contributed by atoms with van der Waals surface area (Å²) in [5, 5.41) is 6.73. The van der Waals surface area contributed by atoms with E-state index in [1.165, 1.54) is 4.68 Å². The Morgan fingerprint density at radius 3 is 2.16 bits per heavy atom. The van der Waals surface area contributed by atoms with Crippen molar-refractivity contribution in [1.82, 2.24) is 15.1 Å². The second kappa shape index (κ2) is 9.59. The summed E-state index contributed by atoms with van der Waals surface area (Å²) < 4.78 is 41.5. The first-order chi connectivity index (χ1) is 15.4. The fourth-order valence-electron chi connectivity index (χ4n) is 4.44. The van der Waals surface area contributed by atoms with Gasteiger partial charge in [-0.1, -0.05) is 60.7 Å². The predicted molar refractivity (Wildman–Crippen MR) is 116 cm³/mol. The molecule has 1 aliphatic carbocycles. The third-order valence-corrected chi connectivity index (χ3v) is 5.96. The average Bonchev–Trinajstić information content (AvgIpc) is 3.18. The van der Waals surface area contributed by atoms with Gasteiger partial charge in [-0.25, -0.2) is 0 Å². The van der Waals surface area contributed by atoms with Crippen molar-refractivity contribution in [2.24, 2.45) is 0 Å². The number of rotatable bonds is 7. The van der Waals surface area contributed by atoms with Crippen LogP contribution in [0.2, 0.25) is 0 Å². The first-order valence-electron chi connectivity index (χ1n) is 11.0. The standard InChI is InChI=1S/C25H26F3N3O/c26-25(27,28)24-20-13-7-8-14-22(20)31(30-24)16-15-29-23(32)17-21(18-9-3-1-4-10-18)19-11-5-2-6-12-19/h1-6,9-12,21H,7-8,13-17H2,(H,29,32). The van der Waals surface area contributed by atoms with Gasteiger partial charge < -0.3 is 5.32 Å². The van der Waals surface area contributed by atoms with E-state index < -0.39 is 11.9 Å². The molecule has 4 nitrogen and oxygen atoms in total. The van der Waals surface area contributed by atoms with Gasteiger partial charge >= 0.3 is 6.18 Å². The van der Waals surface area contributed by atoms with Crippen LogP contribution in [0.4, 0.5) is 13.2 Å². The Morgan fingerprint density at radius 1 is 0.969 bits per heavy atom. The molecule has 0 saturated carbocycles. The summed E-state index contributed by atoms with van der Waals surface area (Å²) in [7, 11) is 0. The molecule has 0 unspecified atom stereocenters. The van der Waals surface area contributed by atoms with E-state index in [-0.39, 0.29) is 31.3 Å². The SMILES string of the molecule is O=C(CC(c1ccccc1)c1ccccc1)NCCn1nc(C(F)(F)F)c2c1CCCC2. The summed E-state index contributed by atoms with van der Waals surface area (Å²) in [6.45, 7) is 0.464. The highest BCUT2D eigenvalue weighted by Gasteiger charge is 2.39. The van der Waals surface area contributed by atoms with Crippen molar-refractivity contribution in [3.63, 3.8) is 0 Å². The zero-order valence-electron chi connectivity index (χ0n) is 17.7. The largest absolute Gasteiger partial charge is 0.435 e. The summed E-state index contributed by atoms with van der Waals surface area (Å²) in [6.07, 6.45) is -1.58. The van der Waals surface area contributed by atoms with Crippen LogP contribution in [-0.2, 0) is 30.4 Å². The van der Waals surface area contributed by atoms with Crippen molar-refractivity contribution < 1.29 is 18.0 Å². The number of alkyl halides is 3. The molecule has 0 bridgehead atoms. The van der Waals surface area contributed by atoms with Crippen LogP contribution in [0.5, 0.6) is 0 Å². The van der Waals surface area contributed by atoms with Crippen molar-refractivity contribution in [3.05, 3.63) is 88.7 Å². The lowest BCUT2D eigenvalue weighted by molar-refractivity contribution is -0.142. The van der Waals surface area contributed by atoms with Gasteiger partial charge in [0, 0.05) is 30.1 Å². The summed E-state index contributed by atoms with van der Waals surface area (Å²) in [5.41, 5.74) is 2.30. The van der Waals surface area contributed by atoms with E-state index >= 15 is 0 Å². The van der Waals surface area contributed by atoms with E-state index in [1.807, 2.05) is 60.7 Å². The normalized spacial score (nSPS) is 13.8. The van der Waals surface area contributed by atoms with Gasteiger partial charge in [-0.3, -0.25) is 9.48 Å². The van der Waals surface area contributed by atoms with Gasteiger partial charge in [0.25, 0.3) is 0 Å². The molecule has 0 fully saturated rings. The number of nitrogens with one attached hydrogen (secondary N) is 1. The molecule has 1 aliphatic rings. The molecule has 0 atom stereocenters. The molecule has 1 heterocycles. The fourth-order valence-corrected chi connectivity index (χ4v) is 4.44. The van der Waals surface area contributed by atoms with Gasteiger partial charge in [-0.05, 0) is 36.8 Å². The van der Waals surface area contributed by atoms with Crippen molar-refractivity contribution in [3.8, 4) is 0 Å². The molecule has 0 aliphatic heterocycles. The van der Waals surface area contributed by atoms with Crippen molar-refractivity contribution >= 4 is 5.91 Å². The number of carbonyl (C=O) groups is 1. The molecule has 1 N–H and O–H groups in total. The van der Waals surface area contributed by atoms with Crippen molar-refractivity contribution in [2.45, 2.75) is 50.7 Å². The van der Waals surface area contributed by atoms with E-state index in [1.54, 1.807) is 0 Å². The van der Waals surface area contributed by atoms with E-state index in [4.69, 9.17) is 0 Å². The van der Waals surface area contributed by atoms with Crippen molar-refractivity contribution in [1.29, 1.82) is 0 Å². The molecule has 0 saturated heterocycles. The number of hydrogen-bond donors (Lipinski definition) is 1. The second-order valence-corrected chi connectivity index (χ2v) is 8.13. The quantitative estimate of drug-likeness (QED) is 0.553. The molecule has 32 heavy (non-hydrogen) atoms. The molecule has 0 spiro atoms. The minimum Gasteiger partial charge on any atom is -0.354 e. The molecule has 3 aromatic rings. The minimum absolute atomic E-state index is 0.0910. The van der Waals surface area contributed by atoms with Crippen molar-refractivity contribution in [2.75, 3.05) is 6.54 Å². The third-order valence-electron chi connectivity index (χ3n) is 5.96. The molecule has 1 amide bonds. The van der Waals surface area contributed by atoms with Crippen LogP contribution < -0.4 is 5.32 Å². The number of halogens is 3. The molecule has 0 radical (unpaired) electrons. The van der Waals surface area contributed by atoms with E-state index in [0.29, 0.717) is 24.1 Å². The summed E-state index contributed by atoms with van der Waals surface area (Å²) in [5.74, 6) is -0.230. The molecular formula is C25H26F3N3O. The van der Waals surface area contributed by atoms with Gasteiger partial charge in [0.2, 0.25) is 5.91 Å². The highest BCUT2D eigenvalue weighted by atomic mass is 19.4. The number of aromatic nitrogens is 2. The number of hydrogen-bond acceptors (Lipinski definition) is 2. The number of amides is 1. The van der Waals surface area contributed by atoms with Gasteiger partial charge in [-0.15, -0.1) is 0 Å². The highest BCUT2D eigenvalue weighted by molar-refractivity contribution is 5.77.